The lowest BCUT2D eigenvalue weighted by atomic mass is 10.3. The van der Waals surface area contributed by atoms with Crippen molar-refractivity contribution in [3.8, 4) is 0 Å². The highest BCUT2D eigenvalue weighted by Crippen LogP contribution is 2.28. The Balaban J connectivity index is 1.70. The molecule has 0 spiro atoms. The summed E-state index contributed by atoms with van der Waals surface area (Å²) in [5.74, 6) is -3.83. The molecule has 2 amide bonds. The number of carbonyl (C=O) groups excluding carboxylic acids is 1. The average Bonchev–Trinajstić information content (AvgIpc) is 3.26. The molecule has 1 atom stereocenters. The van der Waals surface area contributed by atoms with Gasteiger partial charge in [-0.3, -0.25) is 0 Å². The van der Waals surface area contributed by atoms with Gasteiger partial charge in [-0.15, -0.1) is 0 Å². The molecule has 1 aromatic rings. The molecular weight excluding hydrogens is 301 g/mol. The van der Waals surface area contributed by atoms with Crippen molar-refractivity contribution in [2.24, 2.45) is 5.92 Å². The molecule has 1 fully saturated rings. The zero-order chi connectivity index (χ0) is 16.1. The van der Waals surface area contributed by atoms with Gasteiger partial charge in [0, 0.05) is 31.0 Å². The summed E-state index contributed by atoms with van der Waals surface area (Å²) in [6.45, 7) is 0.608. The molecule has 5 nitrogen and oxygen atoms in total. The van der Waals surface area contributed by atoms with E-state index < -0.39 is 29.6 Å². The Bertz CT molecular complexity index is 515. The lowest BCUT2D eigenvalue weighted by Crippen LogP contribution is -2.37. The van der Waals surface area contributed by atoms with E-state index in [4.69, 9.17) is 4.74 Å². The second-order valence-electron chi connectivity index (χ2n) is 5.22. The standard InChI is InChI=1S/C14H17F3N2O3/c15-11-3-9(4-12(16)13(11)17)19-14(21)18-5-10(20)7-22-6-8-1-2-8/h3-4,8,10,20H,1-2,5-7H2,(H2,18,19,21). The van der Waals surface area contributed by atoms with Gasteiger partial charge < -0.3 is 20.5 Å². The topological polar surface area (TPSA) is 70.6 Å². The minimum atomic E-state index is -1.60. The molecule has 0 radical (unpaired) electrons. The highest BCUT2D eigenvalue weighted by Gasteiger charge is 2.21. The Morgan fingerprint density at radius 3 is 2.55 bits per heavy atom. The van der Waals surface area contributed by atoms with Crippen molar-refractivity contribution in [1.29, 1.82) is 0 Å². The van der Waals surface area contributed by atoms with Crippen LogP contribution in [0.1, 0.15) is 12.8 Å². The number of anilines is 1. The van der Waals surface area contributed by atoms with Crippen LogP contribution >= 0.6 is 0 Å². The van der Waals surface area contributed by atoms with E-state index in [0.29, 0.717) is 24.7 Å². The van der Waals surface area contributed by atoms with Crippen molar-refractivity contribution in [3.05, 3.63) is 29.6 Å². The number of amides is 2. The van der Waals surface area contributed by atoms with E-state index in [2.05, 4.69) is 10.6 Å². The summed E-state index contributed by atoms with van der Waals surface area (Å²) >= 11 is 0. The number of ether oxygens (including phenoxy) is 1. The van der Waals surface area contributed by atoms with Crippen molar-refractivity contribution in [3.63, 3.8) is 0 Å². The fourth-order valence-electron chi connectivity index (χ4n) is 1.73. The Kier molecular flexibility index (Phi) is 5.62. The largest absolute Gasteiger partial charge is 0.389 e. The van der Waals surface area contributed by atoms with Crippen molar-refractivity contribution < 1.29 is 27.8 Å². The zero-order valence-electron chi connectivity index (χ0n) is 11.7. The molecule has 8 heteroatoms. The van der Waals surface area contributed by atoms with Crippen LogP contribution in [0, 0.1) is 23.4 Å². The number of hydrogen-bond donors (Lipinski definition) is 3. The first-order valence-electron chi connectivity index (χ1n) is 6.91. The third kappa shape index (κ3) is 5.19. The van der Waals surface area contributed by atoms with Crippen molar-refractivity contribution >= 4 is 11.7 Å². The second-order valence-corrected chi connectivity index (χ2v) is 5.22. The van der Waals surface area contributed by atoms with Crippen LogP contribution in [-0.4, -0.2) is 37.0 Å². The number of aliphatic hydroxyl groups excluding tert-OH is 1. The van der Waals surface area contributed by atoms with Crippen molar-refractivity contribution in [2.45, 2.75) is 18.9 Å². The third-order valence-corrected chi connectivity index (χ3v) is 3.10. The van der Waals surface area contributed by atoms with Crippen LogP contribution in [0.4, 0.5) is 23.7 Å². The van der Waals surface area contributed by atoms with Crippen LogP contribution in [0.5, 0.6) is 0 Å². The van der Waals surface area contributed by atoms with Gasteiger partial charge in [-0.25, -0.2) is 18.0 Å². The first-order chi connectivity index (χ1) is 10.5. The zero-order valence-corrected chi connectivity index (χ0v) is 11.7. The molecule has 0 heterocycles. The lowest BCUT2D eigenvalue weighted by molar-refractivity contribution is 0.0339. The molecular formula is C14H17F3N2O3. The van der Waals surface area contributed by atoms with E-state index in [1.165, 1.54) is 0 Å². The summed E-state index contributed by atoms with van der Waals surface area (Å²) in [5.41, 5.74) is -0.228. The van der Waals surface area contributed by atoms with Gasteiger partial charge in [-0.1, -0.05) is 0 Å². The van der Waals surface area contributed by atoms with Crippen molar-refractivity contribution in [1.82, 2.24) is 5.32 Å². The normalized spacial score (nSPS) is 15.5. The number of halogens is 3. The molecule has 1 unspecified atom stereocenters. The van der Waals surface area contributed by atoms with Gasteiger partial charge in [0.1, 0.15) is 0 Å². The molecule has 0 aromatic heterocycles. The van der Waals surface area contributed by atoms with Gasteiger partial charge in [-0.05, 0) is 18.8 Å². The number of nitrogens with one attached hydrogen (secondary N) is 2. The van der Waals surface area contributed by atoms with E-state index in [9.17, 15) is 23.1 Å². The Morgan fingerprint density at radius 2 is 1.95 bits per heavy atom. The molecule has 3 N–H and O–H groups in total. The predicted octanol–water partition coefficient (Wildman–Crippen LogP) is 2.01. The van der Waals surface area contributed by atoms with Crippen LogP contribution in [0.2, 0.25) is 0 Å². The molecule has 122 valence electrons. The molecule has 0 saturated heterocycles. The highest BCUT2D eigenvalue weighted by atomic mass is 19.2. The average molecular weight is 318 g/mol. The summed E-state index contributed by atoms with van der Waals surface area (Å²) < 4.78 is 44.0. The van der Waals surface area contributed by atoms with E-state index in [1.54, 1.807) is 0 Å². The number of aliphatic hydroxyl groups is 1. The Hall–Kier alpha value is -1.80. The second kappa shape index (κ2) is 7.46. The molecule has 0 aliphatic heterocycles. The lowest BCUT2D eigenvalue weighted by Gasteiger charge is -2.13. The fourth-order valence-corrected chi connectivity index (χ4v) is 1.73. The molecule has 1 aromatic carbocycles. The molecule has 1 aliphatic rings. The Labute approximate surface area is 125 Å². The molecule has 1 aliphatic carbocycles. The summed E-state index contributed by atoms with van der Waals surface area (Å²) in [7, 11) is 0. The smallest absolute Gasteiger partial charge is 0.319 e. The first-order valence-corrected chi connectivity index (χ1v) is 6.91. The predicted molar refractivity (Wildman–Crippen MR) is 72.9 cm³/mol. The minimum Gasteiger partial charge on any atom is -0.389 e. The number of rotatable bonds is 7. The summed E-state index contributed by atoms with van der Waals surface area (Å²) in [4.78, 5) is 11.5. The fraction of sp³-hybridized carbons (Fsp3) is 0.500. The van der Waals surface area contributed by atoms with E-state index in [1.807, 2.05) is 0 Å². The quantitative estimate of drug-likeness (QED) is 0.674. The molecule has 0 bridgehead atoms. The summed E-state index contributed by atoms with van der Waals surface area (Å²) in [5, 5.41) is 14.0. The number of benzene rings is 1. The van der Waals surface area contributed by atoms with Crippen LogP contribution in [0.25, 0.3) is 0 Å². The number of urea groups is 1. The van der Waals surface area contributed by atoms with Gasteiger partial charge in [0.25, 0.3) is 0 Å². The molecule has 2 rings (SSSR count). The third-order valence-electron chi connectivity index (χ3n) is 3.10. The van der Waals surface area contributed by atoms with Gasteiger partial charge in [0.15, 0.2) is 17.5 Å². The number of hydrogen-bond acceptors (Lipinski definition) is 3. The van der Waals surface area contributed by atoms with Gasteiger partial charge >= 0.3 is 6.03 Å². The molecule has 1 saturated carbocycles. The monoisotopic (exact) mass is 318 g/mol. The van der Waals surface area contributed by atoms with Crippen LogP contribution < -0.4 is 10.6 Å². The maximum atomic E-state index is 13.0. The summed E-state index contributed by atoms with van der Waals surface area (Å²) in [6, 6.07) is 0.548. The maximum absolute atomic E-state index is 13.0. The van der Waals surface area contributed by atoms with Gasteiger partial charge in [-0.2, -0.15) is 0 Å². The SMILES string of the molecule is O=C(NCC(O)COCC1CC1)Nc1cc(F)c(F)c(F)c1. The van der Waals surface area contributed by atoms with E-state index >= 15 is 0 Å². The van der Waals surface area contributed by atoms with E-state index in [-0.39, 0.29) is 18.8 Å². The first kappa shape index (κ1) is 16.6. The van der Waals surface area contributed by atoms with Crippen LogP contribution in [0.3, 0.4) is 0 Å². The Morgan fingerprint density at radius 1 is 1.32 bits per heavy atom. The van der Waals surface area contributed by atoms with Crippen molar-refractivity contribution in [2.75, 3.05) is 25.1 Å². The van der Waals surface area contributed by atoms with Crippen LogP contribution in [-0.2, 0) is 4.74 Å². The summed E-state index contributed by atoms with van der Waals surface area (Å²) in [6.07, 6.45) is 1.40. The molecule has 22 heavy (non-hydrogen) atoms. The van der Waals surface area contributed by atoms with Gasteiger partial charge in [0.2, 0.25) is 0 Å². The minimum absolute atomic E-state index is 0.0807. The van der Waals surface area contributed by atoms with Gasteiger partial charge in [0.05, 0.1) is 12.7 Å². The maximum Gasteiger partial charge on any atom is 0.319 e. The van der Waals surface area contributed by atoms with Crippen LogP contribution in [0.15, 0.2) is 12.1 Å². The highest BCUT2D eigenvalue weighted by molar-refractivity contribution is 5.89. The number of carbonyl (C=O) groups is 1. The van der Waals surface area contributed by atoms with E-state index in [0.717, 1.165) is 12.8 Å².